The molecule has 2 rings (SSSR count). The monoisotopic (exact) mass is 343 g/mol. The molecule has 1 aromatic carbocycles. The molecule has 0 atom stereocenters. The lowest BCUT2D eigenvalue weighted by atomic mass is 10.3. The number of rotatable bonds is 3. The van der Waals surface area contributed by atoms with E-state index < -0.39 is 11.9 Å². The molecule has 2 aromatic rings. The van der Waals surface area contributed by atoms with Crippen molar-refractivity contribution >= 4 is 45.1 Å². The lowest BCUT2D eigenvalue weighted by Gasteiger charge is -2.05. The number of hydrogen-bond donors (Lipinski definition) is 2. The number of carbonyl (C=O) groups is 2. The van der Waals surface area contributed by atoms with E-state index in [9.17, 15) is 9.59 Å². The number of halogens is 2. The molecule has 0 bridgehead atoms. The van der Waals surface area contributed by atoms with Crippen LogP contribution in [0.5, 0.6) is 0 Å². The molecule has 5 nitrogen and oxygen atoms in total. The zero-order valence-corrected chi connectivity index (χ0v) is 11.7. The molecule has 0 spiro atoms. The van der Waals surface area contributed by atoms with Crippen molar-refractivity contribution in [2.24, 2.45) is 0 Å². The number of furan rings is 1. The minimum Gasteiger partial charge on any atom is -0.475 e. The molecule has 1 heterocycles. The highest BCUT2D eigenvalue weighted by Crippen LogP contribution is 2.26. The Morgan fingerprint density at radius 3 is 2.47 bits per heavy atom. The molecule has 0 saturated heterocycles. The van der Waals surface area contributed by atoms with Gasteiger partial charge in [-0.05, 0) is 30.3 Å². The highest BCUT2D eigenvalue weighted by atomic mass is 79.9. The van der Waals surface area contributed by atoms with Gasteiger partial charge in [0.25, 0.3) is 5.91 Å². The zero-order chi connectivity index (χ0) is 14.0. The second kappa shape index (κ2) is 5.46. The normalized spacial score (nSPS) is 10.2. The summed E-state index contributed by atoms with van der Waals surface area (Å²) in [7, 11) is 0. The van der Waals surface area contributed by atoms with Crippen LogP contribution in [0.3, 0.4) is 0 Å². The van der Waals surface area contributed by atoms with Gasteiger partial charge in [0.1, 0.15) is 0 Å². The van der Waals surface area contributed by atoms with Crippen LogP contribution in [0.25, 0.3) is 0 Å². The van der Waals surface area contributed by atoms with Crippen LogP contribution in [0.2, 0.25) is 5.02 Å². The quantitative estimate of drug-likeness (QED) is 0.891. The third kappa shape index (κ3) is 3.15. The topological polar surface area (TPSA) is 79.5 Å². The van der Waals surface area contributed by atoms with E-state index in [0.29, 0.717) is 10.7 Å². The van der Waals surface area contributed by atoms with Gasteiger partial charge in [-0.2, -0.15) is 0 Å². The number of anilines is 1. The van der Waals surface area contributed by atoms with E-state index in [1.54, 1.807) is 18.2 Å². The summed E-state index contributed by atoms with van der Waals surface area (Å²) < 4.78 is 5.66. The number of amides is 1. The van der Waals surface area contributed by atoms with E-state index >= 15 is 0 Å². The minimum atomic E-state index is -1.24. The standard InChI is InChI=1S/C12H7BrClNO4/c13-6-1-2-8(7(14)5-6)15-11(16)9-3-4-10(19-9)12(17)18/h1-5H,(H,15,16)(H,17,18). The molecule has 1 aromatic heterocycles. The van der Waals surface area contributed by atoms with Crippen molar-refractivity contribution in [3.63, 3.8) is 0 Å². The number of hydrogen-bond acceptors (Lipinski definition) is 3. The van der Waals surface area contributed by atoms with Gasteiger partial charge in [0.15, 0.2) is 5.76 Å². The Labute approximate surface area is 121 Å². The molecule has 0 aliphatic rings. The summed E-state index contributed by atoms with van der Waals surface area (Å²) in [5, 5.41) is 11.6. The second-order valence-corrected chi connectivity index (χ2v) is 4.87. The first-order chi connectivity index (χ1) is 8.97. The minimum absolute atomic E-state index is 0.101. The summed E-state index contributed by atoms with van der Waals surface area (Å²) in [6, 6.07) is 7.45. The van der Waals surface area contributed by atoms with E-state index in [0.717, 1.165) is 4.47 Å². The molecule has 1 amide bonds. The van der Waals surface area contributed by atoms with Crippen LogP contribution in [0, 0.1) is 0 Å². The molecule has 7 heteroatoms. The summed E-state index contributed by atoms with van der Waals surface area (Å²) in [5.41, 5.74) is 0.406. The third-order valence-electron chi connectivity index (χ3n) is 2.22. The van der Waals surface area contributed by atoms with Crippen molar-refractivity contribution in [1.29, 1.82) is 0 Å². The smallest absolute Gasteiger partial charge is 0.371 e. The summed E-state index contributed by atoms with van der Waals surface area (Å²) in [4.78, 5) is 22.5. The summed E-state index contributed by atoms with van der Waals surface area (Å²) >= 11 is 9.19. The van der Waals surface area contributed by atoms with Gasteiger partial charge in [-0.15, -0.1) is 0 Å². The Bertz CT molecular complexity index is 653. The largest absolute Gasteiger partial charge is 0.475 e. The van der Waals surface area contributed by atoms with Crippen LogP contribution >= 0.6 is 27.5 Å². The fraction of sp³-hybridized carbons (Fsp3) is 0. The van der Waals surface area contributed by atoms with E-state index in [1.807, 2.05) is 0 Å². The number of benzene rings is 1. The van der Waals surface area contributed by atoms with Crippen molar-refractivity contribution in [3.8, 4) is 0 Å². The molecular weight excluding hydrogens is 337 g/mol. The van der Waals surface area contributed by atoms with Gasteiger partial charge in [-0.1, -0.05) is 27.5 Å². The van der Waals surface area contributed by atoms with Crippen molar-refractivity contribution in [3.05, 3.63) is 51.3 Å². The maximum absolute atomic E-state index is 11.8. The molecule has 2 N–H and O–H groups in total. The first-order valence-electron chi connectivity index (χ1n) is 5.07. The van der Waals surface area contributed by atoms with Gasteiger partial charge in [0.05, 0.1) is 10.7 Å². The fourth-order valence-electron chi connectivity index (χ4n) is 1.35. The number of carboxylic acids is 1. The highest BCUT2D eigenvalue weighted by molar-refractivity contribution is 9.10. The predicted molar refractivity (Wildman–Crippen MR) is 72.8 cm³/mol. The first-order valence-corrected chi connectivity index (χ1v) is 6.24. The maximum Gasteiger partial charge on any atom is 0.371 e. The Balaban J connectivity index is 2.18. The van der Waals surface area contributed by atoms with Crippen molar-refractivity contribution < 1.29 is 19.1 Å². The molecule has 0 saturated carbocycles. The van der Waals surface area contributed by atoms with Gasteiger partial charge in [0, 0.05) is 4.47 Å². The van der Waals surface area contributed by atoms with E-state index in [2.05, 4.69) is 21.2 Å². The lowest BCUT2D eigenvalue weighted by Crippen LogP contribution is -2.11. The Morgan fingerprint density at radius 1 is 1.21 bits per heavy atom. The van der Waals surface area contributed by atoms with Gasteiger partial charge in [0.2, 0.25) is 5.76 Å². The van der Waals surface area contributed by atoms with Crippen LogP contribution < -0.4 is 5.32 Å². The summed E-state index contributed by atoms with van der Waals surface area (Å²) in [6.45, 7) is 0. The molecule has 0 fully saturated rings. The molecule has 0 aliphatic heterocycles. The van der Waals surface area contributed by atoms with Crippen molar-refractivity contribution in [2.45, 2.75) is 0 Å². The van der Waals surface area contributed by atoms with Crippen LogP contribution in [-0.4, -0.2) is 17.0 Å². The number of carboxylic acid groups (broad SMARTS) is 1. The summed E-state index contributed by atoms with van der Waals surface area (Å²) in [6.07, 6.45) is 0. The van der Waals surface area contributed by atoms with Crippen molar-refractivity contribution in [1.82, 2.24) is 0 Å². The van der Waals surface area contributed by atoms with Crippen LogP contribution in [0.1, 0.15) is 21.1 Å². The molecule has 0 unspecified atom stereocenters. The first kappa shape index (κ1) is 13.6. The Kier molecular flexibility index (Phi) is 3.92. The van der Waals surface area contributed by atoms with Crippen LogP contribution in [0.4, 0.5) is 5.69 Å². The Hall–Kier alpha value is -1.79. The lowest BCUT2D eigenvalue weighted by molar-refractivity contribution is 0.0660. The number of aromatic carboxylic acids is 1. The molecule has 19 heavy (non-hydrogen) atoms. The average Bonchev–Trinajstić information content (AvgIpc) is 2.82. The molecular formula is C12H7BrClNO4. The van der Waals surface area contributed by atoms with E-state index in [1.165, 1.54) is 12.1 Å². The average molecular weight is 345 g/mol. The number of carbonyl (C=O) groups excluding carboxylic acids is 1. The second-order valence-electron chi connectivity index (χ2n) is 3.55. The number of nitrogens with one attached hydrogen (secondary N) is 1. The molecule has 0 aliphatic carbocycles. The van der Waals surface area contributed by atoms with Crippen molar-refractivity contribution in [2.75, 3.05) is 5.32 Å². The molecule has 98 valence electrons. The molecule has 0 radical (unpaired) electrons. The third-order valence-corrected chi connectivity index (χ3v) is 3.03. The van der Waals surface area contributed by atoms with E-state index in [4.69, 9.17) is 21.1 Å². The van der Waals surface area contributed by atoms with Gasteiger partial charge in [-0.25, -0.2) is 4.79 Å². The Morgan fingerprint density at radius 2 is 1.89 bits per heavy atom. The SMILES string of the molecule is O=C(O)c1ccc(C(=O)Nc2ccc(Br)cc2Cl)o1. The fourth-order valence-corrected chi connectivity index (χ4v) is 2.07. The van der Waals surface area contributed by atoms with Gasteiger partial charge < -0.3 is 14.8 Å². The van der Waals surface area contributed by atoms with Crippen LogP contribution in [0.15, 0.2) is 39.2 Å². The maximum atomic E-state index is 11.8. The zero-order valence-electron chi connectivity index (χ0n) is 9.31. The van der Waals surface area contributed by atoms with Crippen LogP contribution in [-0.2, 0) is 0 Å². The van der Waals surface area contributed by atoms with Gasteiger partial charge >= 0.3 is 5.97 Å². The van der Waals surface area contributed by atoms with Gasteiger partial charge in [-0.3, -0.25) is 4.79 Å². The van der Waals surface area contributed by atoms with E-state index in [-0.39, 0.29) is 11.5 Å². The summed E-state index contributed by atoms with van der Waals surface area (Å²) in [5.74, 6) is -2.21. The highest BCUT2D eigenvalue weighted by Gasteiger charge is 2.15. The predicted octanol–water partition coefficient (Wildman–Crippen LogP) is 3.65.